The Bertz CT molecular complexity index is 424. The first kappa shape index (κ1) is 16.4. The van der Waals surface area contributed by atoms with Gasteiger partial charge in [-0.15, -0.1) is 13.2 Å². The largest absolute Gasteiger partial charge is 0.486 e. The quantitative estimate of drug-likeness (QED) is 0.733. The van der Waals surface area contributed by atoms with E-state index in [9.17, 15) is 0 Å². The molecule has 0 spiro atoms. The number of ether oxygens (including phenoxy) is 2. The van der Waals surface area contributed by atoms with Crippen molar-refractivity contribution < 1.29 is 9.47 Å². The minimum absolute atomic E-state index is 0.165. The summed E-state index contributed by atoms with van der Waals surface area (Å²) in [4.78, 5) is 4.68. The van der Waals surface area contributed by atoms with Crippen LogP contribution in [0, 0.1) is 0 Å². The van der Waals surface area contributed by atoms with Gasteiger partial charge < -0.3 is 9.47 Å². The highest BCUT2D eigenvalue weighted by molar-refractivity contribution is 6.14. The van der Waals surface area contributed by atoms with Crippen LogP contribution in [0.5, 0.6) is 0 Å². The molecule has 0 radical (unpaired) electrons. The van der Waals surface area contributed by atoms with Crippen LogP contribution in [-0.2, 0) is 9.47 Å². The Morgan fingerprint density at radius 3 is 2.75 bits per heavy atom. The molecule has 2 aliphatic rings. The maximum Gasteiger partial charge on any atom is 0.145 e. The van der Waals surface area contributed by atoms with Gasteiger partial charge in [0, 0.05) is 12.5 Å². The number of rotatable bonds is 3. The molecule has 1 saturated heterocycles. The number of aliphatic imine (C=N–C) groups is 1. The summed E-state index contributed by atoms with van der Waals surface area (Å²) in [5, 5.41) is 0. The van der Waals surface area contributed by atoms with Gasteiger partial charge in [0.05, 0.1) is 13.2 Å². The minimum Gasteiger partial charge on any atom is -0.486 e. The van der Waals surface area contributed by atoms with Crippen LogP contribution < -0.4 is 0 Å². The lowest BCUT2D eigenvalue weighted by molar-refractivity contribution is 0.101. The maximum absolute atomic E-state index is 6.01. The average Bonchev–Trinajstić information content (AvgIpc) is 2.95. The number of allylic oxidation sites excluding steroid dienone is 5. The summed E-state index contributed by atoms with van der Waals surface area (Å²) >= 11 is 0. The van der Waals surface area contributed by atoms with E-state index in [1.54, 1.807) is 0 Å². The fourth-order valence-electron chi connectivity index (χ4n) is 2.05. The van der Waals surface area contributed by atoms with E-state index < -0.39 is 0 Å². The van der Waals surface area contributed by atoms with Crippen molar-refractivity contribution in [1.29, 1.82) is 0 Å². The predicted molar refractivity (Wildman–Crippen MR) is 85.1 cm³/mol. The van der Waals surface area contributed by atoms with E-state index >= 15 is 0 Å². The van der Waals surface area contributed by atoms with Crippen LogP contribution in [0.2, 0.25) is 0 Å². The summed E-state index contributed by atoms with van der Waals surface area (Å²) < 4.78 is 11.4. The van der Waals surface area contributed by atoms with E-state index in [-0.39, 0.29) is 12.1 Å². The van der Waals surface area contributed by atoms with Crippen LogP contribution in [0.15, 0.2) is 53.8 Å². The van der Waals surface area contributed by atoms with Crippen molar-refractivity contribution in [2.45, 2.75) is 39.3 Å². The van der Waals surface area contributed by atoms with E-state index in [1.165, 1.54) is 0 Å². The highest BCUT2D eigenvalue weighted by atomic mass is 16.5. The van der Waals surface area contributed by atoms with Crippen LogP contribution in [0.4, 0.5) is 0 Å². The fourth-order valence-corrected chi connectivity index (χ4v) is 2.05. The molecular formula is C17H25NO2. The first-order valence-electron chi connectivity index (χ1n) is 7.08. The summed E-state index contributed by atoms with van der Waals surface area (Å²) in [6, 6.07) is 0.258. The number of nitrogens with zero attached hydrogens (tertiary/aromatic N) is 1. The lowest BCUT2D eigenvalue weighted by atomic mass is 10.0. The Labute approximate surface area is 122 Å². The Hall–Kier alpha value is -1.61. The Morgan fingerprint density at radius 2 is 2.20 bits per heavy atom. The van der Waals surface area contributed by atoms with Gasteiger partial charge in [0.15, 0.2) is 0 Å². The summed E-state index contributed by atoms with van der Waals surface area (Å²) in [6.45, 7) is 13.7. The lowest BCUT2D eigenvalue weighted by Gasteiger charge is -2.20. The maximum atomic E-state index is 6.01. The molecule has 20 heavy (non-hydrogen) atoms. The smallest absolute Gasteiger partial charge is 0.145 e. The molecule has 1 heterocycles. The molecule has 0 aromatic heterocycles. The molecule has 0 saturated carbocycles. The van der Waals surface area contributed by atoms with Crippen molar-refractivity contribution in [1.82, 2.24) is 0 Å². The topological polar surface area (TPSA) is 30.8 Å². The van der Waals surface area contributed by atoms with Crippen LogP contribution >= 0.6 is 0 Å². The van der Waals surface area contributed by atoms with E-state index in [4.69, 9.17) is 9.47 Å². The zero-order valence-electron chi connectivity index (χ0n) is 12.8. The van der Waals surface area contributed by atoms with Gasteiger partial charge >= 0.3 is 0 Å². The van der Waals surface area contributed by atoms with Gasteiger partial charge in [-0.25, -0.2) is 0 Å². The number of hydrogen-bond donors (Lipinski definition) is 0. The third kappa shape index (κ3) is 4.49. The molecule has 0 aromatic carbocycles. The average molecular weight is 275 g/mol. The first-order chi connectivity index (χ1) is 9.70. The molecule has 1 aliphatic carbocycles. The zero-order chi connectivity index (χ0) is 15.0. The Morgan fingerprint density at radius 1 is 1.45 bits per heavy atom. The molecule has 1 fully saturated rings. The molecule has 2 rings (SSSR count). The zero-order valence-corrected chi connectivity index (χ0v) is 12.8. The molecule has 3 heteroatoms. The second-order valence-electron chi connectivity index (χ2n) is 4.81. The van der Waals surface area contributed by atoms with Gasteiger partial charge in [-0.3, -0.25) is 4.99 Å². The molecule has 1 aliphatic heterocycles. The van der Waals surface area contributed by atoms with Gasteiger partial charge in [0.1, 0.15) is 17.6 Å². The molecule has 0 aromatic rings. The summed E-state index contributed by atoms with van der Waals surface area (Å²) in [7, 11) is 0. The van der Waals surface area contributed by atoms with Crippen molar-refractivity contribution in [3.8, 4) is 0 Å². The highest BCUT2D eigenvalue weighted by Crippen LogP contribution is 2.21. The normalized spacial score (nSPS) is 25.6. The van der Waals surface area contributed by atoms with Crippen LogP contribution in [0.1, 0.15) is 27.2 Å². The summed E-state index contributed by atoms with van der Waals surface area (Å²) in [6.07, 6.45) is 9.27. The van der Waals surface area contributed by atoms with Crippen LogP contribution in [0.25, 0.3) is 0 Å². The first-order valence-corrected chi connectivity index (χ1v) is 7.08. The molecule has 0 N–H and O–H groups in total. The molecular weight excluding hydrogens is 250 g/mol. The van der Waals surface area contributed by atoms with Gasteiger partial charge in [-0.2, -0.15) is 0 Å². The fraction of sp³-hybridized carbons (Fsp3) is 0.471. The van der Waals surface area contributed by atoms with Crippen molar-refractivity contribution in [3.63, 3.8) is 0 Å². The molecule has 0 bridgehead atoms. The minimum atomic E-state index is 0.165. The second kappa shape index (κ2) is 8.54. The van der Waals surface area contributed by atoms with E-state index in [2.05, 4.69) is 44.1 Å². The number of hydrogen-bond acceptors (Lipinski definition) is 3. The molecule has 110 valence electrons. The third-order valence-electron chi connectivity index (χ3n) is 2.91. The monoisotopic (exact) mass is 275 g/mol. The van der Waals surface area contributed by atoms with Crippen molar-refractivity contribution in [2.24, 2.45) is 4.99 Å². The summed E-state index contributed by atoms with van der Waals surface area (Å²) in [5.41, 5.74) is 2.09. The summed E-state index contributed by atoms with van der Waals surface area (Å²) in [5.74, 6) is 0.870. The van der Waals surface area contributed by atoms with Gasteiger partial charge in [-0.05, 0) is 32.4 Å². The standard InChI is InChI=1S/C15H21NO2.C2H4/c1-4-12-6-5-7-14(15(12)16-11(2)3)18-13-8-9-17-10-13;1-2/h4-7,11,13H,8-10H2,1-3H3;1-2H2/b12-4-,16-15?;. The lowest BCUT2D eigenvalue weighted by Crippen LogP contribution is -2.20. The van der Waals surface area contributed by atoms with E-state index in [0.717, 1.165) is 30.1 Å². The second-order valence-corrected chi connectivity index (χ2v) is 4.81. The van der Waals surface area contributed by atoms with Crippen LogP contribution in [0.3, 0.4) is 0 Å². The Kier molecular flexibility index (Phi) is 7.02. The van der Waals surface area contributed by atoms with Crippen molar-refractivity contribution in [2.75, 3.05) is 13.2 Å². The third-order valence-corrected chi connectivity index (χ3v) is 2.91. The van der Waals surface area contributed by atoms with Gasteiger partial charge in [0.25, 0.3) is 0 Å². The van der Waals surface area contributed by atoms with Gasteiger partial charge in [0.2, 0.25) is 0 Å². The van der Waals surface area contributed by atoms with E-state index in [1.807, 2.05) is 19.1 Å². The molecule has 1 unspecified atom stereocenters. The van der Waals surface area contributed by atoms with Crippen molar-refractivity contribution in [3.05, 3.63) is 48.8 Å². The van der Waals surface area contributed by atoms with Crippen molar-refractivity contribution >= 4 is 5.71 Å². The molecule has 1 atom stereocenters. The van der Waals surface area contributed by atoms with Gasteiger partial charge in [-0.1, -0.05) is 18.2 Å². The Balaban J connectivity index is 0.000000956. The molecule has 3 nitrogen and oxygen atoms in total. The SMILES string of the molecule is C/C=C1/C=CC=C(OC2CCOC2)C1=NC(C)C.C=C. The highest BCUT2D eigenvalue weighted by Gasteiger charge is 2.22. The van der Waals surface area contributed by atoms with E-state index in [0.29, 0.717) is 6.61 Å². The predicted octanol–water partition coefficient (Wildman–Crippen LogP) is 3.84. The van der Waals surface area contributed by atoms with Crippen LogP contribution in [-0.4, -0.2) is 31.1 Å². The molecule has 0 amide bonds.